The summed E-state index contributed by atoms with van der Waals surface area (Å²) >= 11 is 0. The molecule has 1 saturated heterocycles. The molecule has 0 aromatic heterocycles. The molecule has 1 aliphatic heterocycles. The van der Waals surface area contributed by atoms with Crippen LogP contribution in [0.5, 0.6) is 5.75 Å². The molecule has 0 spiro atoms. The van der Waals surface area contributed by atoms with Crippen molar-refractivity contribution in [3.05, 3.63) is 54.1 Å². The zero-order valence-electron chi connectivity index (χ0n) is 15.0. The Balaban J connectivity index is 1.54. The molecule has 0 unspecified atom stereocenters. The quantitative estimate of drug-likeness (QED) is 0.801. The molecule has 5 nitrogen and oxygen atoms in total. The third-order valence-corrected chi connectivity index (χ3v) is 4.50. The number of ether oxygens (including phenoxy) is 1. The lowest BCUT2D eigenvalue weighted by atomic mass is 10.1. The molecule has 2 aromatic rings. The normalized spacial score (nSPS) is 14.0. The fourth-order valence-electron chi connectivity index (χ4n) is 3.13. The first-order valence-corrected chi connectivity index (χ1v) is 9.01. The predicted octanol–water partition coefficient (Wildman–Crippen LogP) is 3.90. The van der Waals surface area contributed by atoms with Crippen molar-refractivity contribution in [3.63, 3.8) is 0 Å². The van der Waals surface area contributed by atoms with E-state index < -0.39 is 0 Å². The number of rotatable bonds is 6. The van der Waals surface area contributed by atoms with E-state index in [0.717, 1.165) is 18.8 Å². The van der Waals surface area contributed by atoms with Crippen LogP contribution < -0.4 is 15.0 Å². The van der Waals surface area contributed by atoms with Crippen molar-refractivity contribution in [3.8, 4) is 5.75 Å². The van der Waals surface area contributed by atoms with Crippen molar-refractivity contribution in [1.82, 2.24) is 0 Å². The van der Waals surface area contributed by atoms with Crippen LogP contribution in [0.25, 0.3) is 0 Å². The fourth-order valence-corrected chi connectivity index (χ4v) is 3.13. The average molecular weight is 352 g/mol. The molecule has 2 aromatic carbocycles. The van der Waals surface area contributed by atoms with Crippen molar-refractivity contribution >= 4 is 23.1 Å². The molecule has 26 heavy (non-hydrogen) atoms. The number of hydrogen-bond acceptors (Lipinski definition) is 4. The van der Waals surface area contributed by atoms with Gasteiger partial charge in [-0.1, -0.05) is 12.1 Å². The Hall–Kier alpha value is -2.82. The number of nitrogens with zero attached hydrogens (tertiary/aromatic N) is 1. The summed E-state index contributed by atoms with van der Waals surface area (Å²) in [6.45, 7) is 3.52. The summed E-state index contributed by atoms with van der Waals surface area (Å²) in [5.41, 5.74) is 2.40. The van der Waals surface area contributed by atoms with E-state index in [2.05, 4.69) is 10.2 Å². The highest BCUT2D eigenvalue weighted by Crippen LogP contribution is 2.22. The molecule has 0 aliphatic carbocycles. The third kappa shape index (κ3) is 4.63. The number of Topliss-reactive ketones (excluding diaryl/α,β-unsaturated/α-hetero) is 1. The number of nitrogens with one attached hydrogen (secondary N) is 1. The van der Waals surface area contributed by atoms with Crippen LogP contribution >= 0.6 is 0 Å². The SMILES string of the molecule is CC(=O)c1ccccc1OCC(=O)Nc1ccc(N2CCCCC2)cc1. The second kappa shape index (κ2) is 8.52. The minimum Gasteiger partial charge on any atom is -0.483 e. The van der Waals surface area contributed by atoms with Crippen LogP contribution in [0.4, 0.5) is 11.4 Å². The molecule has 1 N–H and O–H groups in total. The molecule has 1 aliphatic rings. The van der Waals surface area contributed by atoms with E-state index in [1.807, 2.05) is 24.3 Å². The van der Waals surface area contributed by atoms with E-state index in [-0.39, 0.29) is 18.3 Å². The molecule has 0 radical (unpaired) electrons. The van der Waals surface area contributed by atoms with E-state index >= 15 is 0 Å². The van der Waals surface area contributed by atoms with Gasteiger partial charge in [0.15, 0.2) is 12.4 Å². The molecule has 136 valence electrons. The smallest absolute Gasteiger partial charge is 0.262 e. The zero-order valence-corrected chi connectivity index (χ0v) is 15.0. The van der Waals surface area contributed by atoms with Gasteiger partial charge in [-0.25, -0.2) is 0 Å². The van der Waals surface area contributed by atoms with Gasteiger partial charge in [-0.15, -0.1) is 0 Å². The maximum absolute atomic E-state index is 12.1. The van der Waals surface area contributed by atoms with E-state index in [9.17, 15) is 9.59 Å². The molecule has 1 fully saturated rings. The van der Waals surface area contributed by atoms with Gasteiger partial charge in [-0.3, -0.25) is 9.59 Å². The Morgan fingerprint density at radius 1 is 1.00 bits per heavy atom. The highest BCUT2D eigenvalue weighted by Gasteiger charge is 2.12. The summed E-state index contributed by atoms with van der Waals surface area (Å²) in [5, 5.41) is 2.82. The van der Waals surface area contributed by atoms with Gasteiger partial charge in [-0.2, -0.15) is 0 Å². The van der Waals surface area contributed by atoms with E-state index in [0.29, 0.717) is 11.3 Å². The van der Waals surface area contributed by atoms with Gasteiger partial charge in [0.25, 0.3) is 5.91 Å². The highest BCUT2D eigenvalue weighted by atomic mass is 16.5. The fraction of sp³-hybridized carbons (Fsp3) is 0.333. The Morgan fingerprint density at radius 2 is 1.69 bits per heavy atom. The number of carbonyl (C=O) groups is 2. The lowest BCUT2D eigenvalue weighted by Crippen LogP contribution is -2.29. The maximum atomic E-state index is 12.1. The Labute approximate surface area is 154 Å². The van der Waals surface area contributed by atoms with Crippen LogP contribution in [0.15, 0.2) is 48.5 Å². The topological polar surface area (TPSA) is 58.6 Å². The van der Waals surface area contributed by atoms with Crippen molar-refractivity contribution in [2.45, 2.75) is 26.2 Å². The van der Waals surface area contributed by atoms with Crippen LogP contribution in [0.3, 0.4) is 0 Å². The number of anilines is 2. The number of benzene rings is 2. The number of para-hydroxylation sites is 1. The maximum Gasteiger partial charge on any atom is 0.262 e. The van der Waals surface area contributed by atoms with Gasteiger partial charge in [0.2, 0.25) is 0 Å². The summed E-state index contributed by atoms with van der Waals surface area (Å²) in [4.78, 5) is 26.1. The molecular weight excluding hydrogens is 328 g/mol. The molecule has 0 bridgehead atoms. The lowest BCUT2D eigenvalue weighted by molar-refractivity contribution is -0.118. The molecule has 1 amide bonds. The largest absolute Gasteiger partial charge is 0.483 e. The van der Waals surface area contributed by atoms with Crippen molar-refractivity contribution < 1.29 is 14.3 Å². The number of amides is 1. The second-order valence-electron chi connectivity index (χ2n) is 6.48. The third-order valence-electron chi connectivity index (χ3n) is 4.50. The number of hydrogen-bond donors (Lipinski definition) is 1. The van der Waals surface area contributed by atoms with Gasteiger partial charge in [-0.05, 0) is 62.6 Å². The standard InChI is InChI=1S/C21H24N2O3/c1-16(24)19-7-3-4-8-20(19)26-15-21(25)22-17-9-11-18(12-10-17)23-13-5-2-6-14-23/h3-4,7-12H,2,5-6,13-15H2,1H3,(H,22,25). The summed E-state index contributed by atoms with van der Waals surface area (Å²) in [7, 11) is 0. The van der Waals surface area contributed by atoms with Crippen LogP contribution in [0.2, 0.25) is 0 Å². The Kier molecular flexibility index (Phi) is 5.89. The highest BCUT2D eigenvalue weighted by molar-refractivity contribution is 5.97. The van der Waals surface area contributed by atoms with Crippen LogP contribution in [0, 0.1) is 0 Å². The van der Waals surface area contributed by atoms with Crippen molar-refractivity contribution in [2.75, 3.05) is 29.9 Å². The summed E-state index contributed by atoms with van der Waals surface area (Å²) < 4.78 is 5.51. The molecular formula is C21H24N2O3. The molecule has 0 saturated carbocycles. The lowest BCUT2D eigenvalue weighted by Gasteiger charge is -2.28. The number of carbonyl (C=O) groups excluding carboxylic acids is 2. The average Bonchev–Trinajstić information content (AvgIpc) is 2.68. The van der Waals surface area contributed by atoms with Crippen molar-refractivity contribution in [2.24, 2.45) is 0 Å². The first kappa shape index (κ1) is 18.0. The first-order chi connectivity index (χ1) is 12.6. The zero-order chi connectivity index (χ0) is 18.4. The monoisotopic (exact) mass is 352 g/mol. The van der Waals surface area contributed by atoms with Gasteiger partial charge in [0.05, 0.1) is 5.56 Å². The molecule has 0 atom stereocenters. The van der Waals surface area contributed by atoms with E-state index in [1.165, 1.54) is 31.9 Å². The van der Waals surface area contributed by atoms with Crippen LogP contribution in [-0.4, -0.2) is 31.4 Å². The van der Waals surface area contributed by atoms with E-state index in [4.69, 9.17) is 4.74 Å². The van der Waals surface area contributed by atoms with Crippen molar-refractivity contribution in [1.29, 1.82) is 0 Å². The number of piperidine rings is 1. The molecule has 5 heteroatoms. The van der Waals surface area contributed by atoms with Crippen LogP contribution in [0.1, 0.15) is 36.5 Å². The summed E-state index contributed by atoms with van der Waals surface area (Å²) in [6.07, 6.45) is 3.77. The summed E-state index contributed by atoms with van der Waals surface area (Å²) in [5.74, 6) is 0.0824. The van der Waals surface area contributed by atoms with Gasteiger partial charge < -0.3 is 15.0 Å². The minimum atomic E-state index is -0.255. The van der Waals surface area contributed by atoms with E-state index in [1.54, 1.807) is 24.3 Å². The molecule has 3 rings (SSSR count). The van der Waals surface area contributed by atoms with Gasteiger partial charge >= 0.3 is 0 Å². The molecule has 1 heterocycles. The van der Waals surface area contributed by atoms with Gasteiger partial charge in [0, 0.05) is 24.5 Å². The Bertz CT molecular complexity index is 765. The predicted molar refractivity (Wildman–Crippen MR) is 103 cm³/mol. The van der Waals surface area contributed by atoms with Crippen LogP contribution in [-0.2, 0) is 4.79 Å². The second-order valence-corrected chi connectivity index (χ2v) is 6.48. The van der Waals surface area contributed by atoms with Gasteiger partial charge in [0.1, 0.15) is 5.75 Å². The Morgan fingerprint density at radius 3 is 2.38 bits per heavy atom. The minimum absolute atomic E-state index is 0.0886. The first-order valence-electron chi connectivity index (χ1n) is 9.01. The number of ketones is 1. The summed E-state index contributed by atoms with van der Waals surface area (Å²) in [6, 6.07) is 14.8.